The topological polar surface area (TPSA) is 56.2 Å². The van der Waals surface area contributed by atoms with Gasteiger partial charge in [0.05, 0.1) is 17.8 Å². The number of aromatic nitrogens is 2. The highest BCUT2D eigenvalue weighted by molar-refractivity contribution is 6.31. The zero-order chi connectivity index (χ0) is 21.6. The van der Waals surface area contributed by atoms with Crippen LogP contribution in [0.1, 0.15) is 11.3 Å². The van der Waals surface area contributed by atoms with Gasteiger partial charge in [-0.2, -0.15) is 0 Å². The summed E-state index contributed by atoms with van der Waals surface area (Å²) in [6, 6.07) is 19.5. The molecular weight excluding hydrogens is 417 g/mol. The molecule has 0 fully saturated rings. The second-order valence-corrected chi connectivity index (χ2v) is 7.50. The van der Waals surface area contributed by atoms with Crippen LogP contribution in [0.4, 0.5) is 4.39 Å². The maximum atomic E-state index is 13.3. The van der Waals surface area contributed by atoms with Crippen molar-refractivity contribution in [2.75, 3.05) is 6.61 Å². The van der Waals surface area contributed by atoms with E-state index >= 15 is 0 Å². The summed E-state index contributed by atoms with van der Waals surface area (Å²) in [5.41, 5.74) is 1.81. The molecule has 4 rings (SSSR count). The molecule has 31 heavy (non-hydrogen) atoms. The normalized spacial score (nSPS) is 11.0. The van der Waals surface area contributed by atoms with Crippen molar-refractivity contribution in [3.63, 3.8) is 0 Å². The summed E-state index contributed by atoms with van der Waals surface area (Å²) >= 11 is 6.18. The van der Waals surface area contributed by atoms with Crippen LogP contribution in [0.5, 0.6) is 5.75 Å². The molecular formula is C24H21ClFN3O2. The van der Waals surface area contributed by atoms with Gasteiger partial charge >= 0.3 is 0 Å². The van der Waals surface area contributed by atoms with Crippen LogP contribution in [0.15, 0.2) is 77.7 Å². The number of para-hydroxylation sites is 1. The molecule has 0 atom stereocenters. The lowest BCUT2D eigenvalue weighted by Gasteiger charge is -2.14. The van der Waals surface area contributed by atoms with Gasteiger partial charge in [-0.25, -0.2) is 4.39 Å². The zero-order valence-corrected chi connectivity index (χ0v) is 17.5. The van der Waals surface area contributed by atoms with E-state index in [0.29, 0.717) is 42.5 Å². The number of pyridine rings is 2. The van der Waals surface area contributed by atoms with Crippen molar-refractivity contribution in [1.82, 2.24) is 14.9 Å². The number of nitrogens with zero attached hydrogens (tertiary/aromatic N) is 2. The molecule has 0 amide bonds. The van der Waals surface area contributed by atoms with Crippen molar-refractivity contribution in [3.8, 4) is 5.75 Å². The Hall–Kier alpha value is -3.22. The molecule has 2 heterocycles. The standard InChI is InChI=1S/C24H21ClFN3O2/c25-19-7-6-17-12-18(15-27-16-21-14-20(26)8-9-28-21)24(30)29(23(17)13-19)10-11-31-22-4-2-1-3-5-22/h1-9,12-14,27H,10-11,15-16H2. The number of rotatable bonds is 8. The summed E-state index contributed by atoms with van der Waals surface area (Å²) in [5, 5.41) is 4.64. The molecule has 0 bridgehead atoms. The average Bonchev–Trinajstić information content (AvgIpc) is 2.77. The van der Waals surface area contributed by atoms with Gasteiger partial charge in [0.2, 0.25) is 0 Å². The Labute approximate surface area is 184 Å². The van der Waals surface area contributed by atoms with E-state index in [1.807, 2.05) is 42.5 Å². The predicted octanol–water partition coefficient (Wildman–Crippen LogP) is 4.56. The van der Waals surface area contributed by atoms with Crippen LogP contribution in [0.2, 0.25) is 5.02 Å². The first-order valence-corrected chi connectivity index (χ1v) is 10.3. The summed E-state index contributed by atoms with van der Waals surface area (Å²) in [4.78, 5) is 17.3. The number of hydrogen-bond donors (Lipinski definition) is 1. The molecule has 2 aromatic heterocycles. The molecule has 7 heteroatoms. The summed E-state index contributed by atoms with van der Waals surface area (Å²) in [5.74, 6) is 0.411. The minimum Gasteiger partial charge on any atom is -0.492 e. The van der Waals surface area contributed by atoms with E-state index in [1.54, 1.807) is 16.7 Å². The van der Waals surface area contributed by atoms with Gasteiger partial charge in [0.1, 0.15) is 18.2 Å². The van der Waals surface area contributed by atoms with E-state index in [0.717, 1.165) is 16.7 Å². The van der Waals surface area contributed by atoms with Crippen LogP contribution in [-0.2, 0) is 19.6 Å². The van der Waals surface area contributed by atoms with Crippen LogP contribution in [0.25, 0.3) is 10.9 Å². The number of fused-ring (bicyclic) bond motifs is 1. The van der Waals surface area contributed by atoms with Crippen molar-refractivity contribution in [2.24, 2.45) is 0 Å². The molecule has 0 unspecified atom stereocenters. The highest BCUT2D eigenvalue weighted by atomic mass is 35.5. The highest BCUT2D eigenvalue weighted by Crippen LogP contribution is 2.19. The lowest BCUT2D eigenvalue weighted by Crippen LogP contribution is -2.29. The van der Waals surface area contributed by atoms with Crippen LogP contribution >= 0.6 is 11.6 Å². The first-order chi connectivity index (χ1) is 15.1. The molecule has 0 radical (unpaired) electrons. The number of hydrogen-bond acceptors (Lipinski definition) is 4. The molecule has 0 aliphatic rings. The Balaban J connectivity index is 1.55. The number of benzene rings is 2. The van der Waals surface area contributed by atoms with Gasteiger partial charge in [0.25, 0.3) is 5.56 Å². The molecule has 5 nitrogen and oxygen atoms in total. The fraction of sp³-hybridized carbons (Fsp3) is 0.167. The average molecular weight is 438 g/mol. The molecule has 0 spiro atoms. The maximum absolute atomic E-state index is 13.3. The van der Waals surface area contributed by atoms with E-state index in [1.165, 1.54) is 18.3 Å². The zero-order valence-electron chi connectivity index (χ0n) is 16.7. The van der Waals surface area contributed by atoms with Gasteiger partial charge in [-0.3, -0.25) is 9.78 Å². The monoisotopic (exact) mass is 437 g/mol. The van der Waals surface area contributed by atoms with Crippen molar-refractivity contribution in [3.05, 3.63) is 105 Å². The van der Waals surface area contributed by atoms with Crippen molar-refractivity contribution in [2.45, 2.75) is 19.6 Å². The largest absolute Gasteiger partial charge is 0.492 e. The number of nitrogens with one attached hydrogen (secondary N) is 1. The van der Waals surface area contributed by atoms with Gasteiger partial charge in [0.15, 0.2) is 0 Å². The van der Waals surface area contributed by atoms with Gasteiger partial charge in [-0.1, -0.05) is 35.9 Å². The Kier molecular flexibility index (Phi) is 6.60. The molecule has 2 aromatic carbocycles. The summed E-state index contributed by atoms with van der Waals surface area (Å²) in [6.45, 7) is 1.40. The Morgan fingerprint density at radius 1 is 1.03 bits per heavy atom. The fourth-order valence-electron chi connectivity index (χ4n) is 3.40. The minimum absolute atomic E-state index is 0.119. The lowest BCUT2D eigenvalue weighted by molar-refractivity contribution is 0.298. The van der Waals surface area contributed by atoms with Crippen LogP contribution in [0, 0.1) is 5.82 Å². The Morgan fingerprint density at radius 3 is 2.68 bits per heavy atom. The molecule has 158 valence electrons. The molecule has 0 saturated carbocycles. The van der Waals surface area contributed by atoms with E-state index in [2.05, 4.69) is 10.3 Å². The van der Waals surface area contributed by atoms with Crippen LogP contribution < -0.4 is 15.6 Å². The smallest absolute Gasteiger partial charge is 0.255 e. The van der Waals surface area contributed by atoms with E-state index in [4.69, 9.17) is 16.3 Å². The molecule has 0 aliphatic carbocycles. The quantitative estimate of drug-likeness (QED) is 0.439. The lowest BCUT2D eigenvalue weighted by atomic mass is 10.1. The molecule has 0 saturated heterocycles. The van der Waals surface area contributed by atoms with E-state index in [9.17, 15) is 9.18 Å². The number of ether oxygens (including phenoxy) is 1. The molecule has 4 aromatic rings. The highest BCUT2D eigenvalue weighted by Gasteiger charge is 2.11. The Bertz CT molecular complexity index is 1240. The van der Waals surface area contributed by atoms with Crippen molar-refractivity contribution in [1.29, 1.82) is 0 Å². The third-order valence-electron chi connectivity index (χ3n) is 4.86. The van der Waals surface area contributed by atoms with Crippen LogP contribution in [-0.4, -0.2) is 16.2 Å². The first-order valence-electron chi connectivity index (χ1n) is 9.91. The fourth-order valence-corrected chi connectivity index (χ4v) is 3.56. The van der Waals surface area contributed by atoms with Gasteiger partial charge in [-0.15, -0.1) is 0 Å². The summed E-state index contributed by atoms with van der Waals surface area (Å²) in [6.07, 6.45) is 1.42. The van der Waals surface area contributed by atoms with Gasteiger partial charge < -0.3 is 14.6 Å². The van der Waals surface area contributed by atoms with E-state index < -0.39 is 0 Å². The second kappa shape index (κ2) is 9.73. The van der Waals surface area contributed by atoms with Gasteiger partial charge in [0, 0.05) is 29.9 Å². The maximum Gasteiger partial charge on any atom is 0.255 e. The summed E-state index contributed by atoms with van der Waals surface area (Å²) < 4.78 is 20.8. The van der Waals surface area contributed by atoms with Crippen molar-refractivity contribution < 1.29 is 9.13 Å². The summed E-state index contributed by atoms with van der Waals surface area (Å²) in [7, 11) is 0. The molecule has 0 aliphatic heterocycles. The van der Waals surface area contributed by atoms with E-state index in [-0.39, 0.29) is 11.4 Å². The third-order valence-corrected chi connectivity index (χ3v) is 5.09. The second-order valence-electron chi connectivity index (χ2n) is 7.06. The Morgan fingerprint density at radius 2 is 1.87 bits per heavy atom. The third kappa shape index (κ3) is 5.29. The predicted molar refractivity (Wildman–Crippen MR) is 120 cm³/mol. The minimum atomic E-state index is -0.338. The molecule has 1 N–H and O–H groups in total. The van der Waals surface area contributed by atoms with Crippen LogP contribution in [0.3, 0.4) is 0 Å². The number of halogens is 2. The SMILES string of the molecule is O=c1c(CNCc2cc(F)ccn2)cc2ccc(Cl)cc2n1CCOc1ccccc1. The first kappa shape index (κ1) is 21.0. The van der Waals surface area contributed by atoms with Gasteiger partial charge in [-0.05, 0) is 47.9 Å². The van der Waals surface area contributed by atoms with Crippen molar-refractivity contribution >= 4 is 22.5 Å².